The number of hydrogen-bond donors (Lipinski definition) is 1. The van der Waals surface area contributed by atoms with E-state index in [1.54, 1.807) is 4.90 Å². The van der Waals surface area contributed by atoms with Crippen molar-refractivity contribution in [2.24, 2.45) is 11.1 Å². The monoisotopic (exact) mass is 250 g/mol. The van der Waals surface area contributed by atoms with E-state index in [4.69, 9.17) is 5.73 Å². The minimum absolute atomic E-state index is 0.152. The zero-order chi connectivity index (χ0) is 12.5. The maximum atomic E-state index is 12.4. The van der Waals surface area contributed by atoms with Crippen molar-refractivity contribution in [3.8, 4) is 0 Å². The van der Waals surface area contributed by atoms with Gasteiger partial charge in [-0.25, -0.2) is 0 Å². The molecule has 2 aliphatic carbocycles. The summed E-state index contributed by atoms with van der Waals surface area (Å²) in [5.74, 6) is 0. The van der Waals surface area contributed by atoms with Crippen molar-refractivity contribution < 1.29 is 13.2 Å². The van der Waals surface area contributed by atoms with Crippen LogP contribution in [0.4, 0.5) is 13.2 Å². The summed E-state index contributed by atoms with van der Waals surface area (Å²) in [5, 5.41) is 0. The van der Waals surface area contributed by atoms with Crippen LogP contribution in [0.2, 0.25) is 0 Å². The van der Waals surface area contributed by atoms with Crippen molar-refractivity contribution in [3.63, 3.8) is 0 Å². The van der Waals surface area contributed by atoms with E-state index in [9.17, 15) is 13.2 Å². The third-order valence-electron chi connectivity index (χ3n) is 4.22. The van der Waals surface area contributed by atoms with Crippen LogP contribution in [-0.4, -0.2) is 36.8 Å². The Bertz CT molecular complexity index is 251. The molecule has 2 N–H and O–H groups in total. The van der Waals surface area contributed by atoms with Gasteiger partial charge in [-0.15, -0.1) is 0 Å². The second-order valence-corrected chi connectivity index (χ2v) is 5.62. The predicted molar refractivity (Wildman–Crippen MR) is 60.6 cm³/mol. The summed E-state index contributed by atoms with van der Waals surface area (Å²) in [7, 11) is 0. The van der Waals surface area contributed by atoms with Gasteiger partial charge in [0.1, 0.15) is 0 Å². The van der Waals surface area contributed by atoms with Gasteiger partial charge in [0.25, 0.3) is 0 Å². The highest BCUT2D eigenvalue weighted by atomic mass is 19.4. The highest BCUT2D eigenvalue weighted by molar-refractivity contribution is 4.92. The molecule has 2 saturated carbocycles. The molecule has 0 spiro atoms. The lowest BCUT2D eigenvalue weighted by Crippen LogP contribution is -2.43. The zero-order valence-corrected chi connectivity index (χ0v) is 10.1. The Morgan fingerprint density at radius 2 is 1.88 bits per heavy atom. The second-order valence-electron chi connectivity index (χ2n) is 5.62. The number of alkyl halides is 3. The number of hydrogen-bond acceptors (Lipinski definition) is 2. The van der Waals surface area contributed by atoms with E-state index in [2.05, 4.69) is 0 Å². The van der Waals surface area contributed by atoms with Crippen LogP contribution in [0.1, 0.15) is 38.5 Å². The molecule has 5 heteroatoms. The summed E-state index contributed by atoms with van der Waals surface area (Å²) < 4.78 is 37.3. The Morgan fingerprint density at radius 1 is 1.24 bits per heavy atom. The SMILES string of the molecule is NCC1(CCN(CC(F)(F)F)C2CC2)CCC1. The Hall–Kier alpha value is -0.290. The summed E-state index contributed by atoms with van der Waals surface area (Å²) in [6.07, 6.45) is 1.97. The van der Waals surface area contributed by atoms with E-state index < -0.39 is 12.7 Å². The van der Waals surface area contributed by atoms with Crippen molar-refractivity contribution in [2.45, 2.75) is 50.7 Å². The van der Waals surface area contributed by atoms with Crippen LogP contribution >= 0.6 is 0 Å². The molecule has 0 saturated heterocycles. The van der Waals surface area contributed by atoms with E-state index in [0.29, 0.717) is 13.1 Å². The first-order valence-corrected chi connectivity index (χ1v) is 6.45. The van der Waals surface area contributed by atoms with Gasteiger partial charge in [0.05, 0.1) is 6.54 Å². The maximum absolute atomic E-state index is 12.4. The van der Waals surface area contributed by atoms with Crippen molar-refractivity contribution in [1.82, 2.24) is 4.90 Å². The smallest absolute Gasteiger partial charge is 0.330 e. The van der Waals surface area contributed by atoms with Gasteiger partial charge in [0, 0.05) is 6.04 Å². The third-order valence-corrected chi connectivity index (χ3v) is 4.22. The van der Waals surface area contributed by atoms with Gasteiger partial charge in [-0.1, -0.05) is 6.42 Å². The lowest BCUT2D eigenvalue weighted by Gasteiger charge is -2.42. The topological polar surface area (TPSA) is 29.3 Å². The van der Waals surface area contributed by atoms with E-state index in [1.165, 1.54) is 6.42 Å². The van der Waals surface area contributed by atoms with Crippen molar-refractivity contribution >= 4 is 0 Å². The van der Waals surface area contributed by atoms with Gasteiger partial charge in [-0.05, 0) is 50.6 Å². The summed E-state index contributed by atoms with van der Waals surface area (Å²) in [5.41, 5.74) is 5.88. The number of nitrogens with two attached hydrogens (primary N) is 1. The van der Waals surface area contributed by atoms with Gasteiger partial charge in [-0.3, -0.25) is 4.90 Å². The molecular formula is C12H21F3N2. The van der Waals surface area contributed by atoms with Crippen molar-refractivity contribution in [2.75, 3.05) is 19.6 Å². The van der Waals surface area contributed by atoms with Gasteiger partial charge >= 0.3 is 6.18 Å². The maximum Gasteiger partial charge on any atom is 0.401 e. The Morgan fingerprint density at radius 3 is 2.24 bits per heavy atom. The standard InChI is InChI=1S/C12H21F3N2/c13-12(14,15)9-17(10-2-3-10)7-6-11(8-16)4-1-5-11/h10H,1-9,16H2. The average molecular weight is 250 g/mol. The van der Waals surface area contributed by atoms with Crippen molar-refractivity contribution in [1.29, 1.82) is 0 Å². The van der Waals surface area contributed by atoms with Crippen molar-refractivity contribution in [3.05, 3.63) is 0 Å². The summed E-state index contributed by atoms with van der Waals surface area (Å²) in [6, 6.07) is 0.173. The van der Waals surface area contributed by atoms with E-state index in [1.807, 2.05) is 0 Å². The van der Waals surface area contributed by atoms with E-state index in [-0.39, 0.29) is 11.5 Å². The van der Waals surface area contributed by atoms with Gasteiger partial charge in [0.2, 0.25) is 0 Å². The third kappa shape index (κ3) is 3.58. The second kappa shape index (κ2) is 4.76. The molecule has 0 unspecified atom stereocenters. The zero-order valence-electron chi connectivity index (χ0n) is 10.1. The molecule has 0 aromatic carbocycles. The summed E-state index contributed by atoms with van der Waals surface area (Å²) in [6.45, 7) is 0.428. The van der Waals surface area contributed by atoms with Crippen LogP contribution in [0.25, 0.3) is 0 Å². The quantitative estimate of drug-likeness (QED) is 0.785. The minimum atomic E-state index is -4.07. The lowest BCUT2D eigenvalue weighted by molar-refractivity contribution is -0.148. The van der Waals surface area contributed by atoms with Crippen LogP contribution in [0.5, 0.6) is 0 Å². The average Bonchev–Trinajstić information content (AvgIpc) is 2.96. The van der Waals surface area contributed by atoms with Gasteiger partial charge in [0.15, 0.2) is 0 Å². The van der Waals surface area contributed by atoms with Crippen LogP contribution in [0.15, 0.2) is 0 Å². The fourth-order valence-corrected chi connectivity index (χ4v) is 2.67. The van der Waals surface area contributed by atoms with Crippen LogP contribution in [0.3, 0.4) is 0 Å². The molecule has 0 bridgehead atoms. The first-order valence-electron chi connectivity index (χ1n) is 6.45. The van der Waals surface area contributed by atoms with Crippen LogP contribution in [0, 0.1) is 5.41 Å². The first kappa shape index (κ1) is 13.1. The molecule has 0 aromatic heterocycles. The summed E-state index contributed by atoms with van der Waals surface area (Å²) >= 11 is 0. The normalized spacial score (nSPS) is 23.8. The Balaban J connectivity index is 1.81. The molecule has 100 valence electrons. The molecule has 17 heavy (non-hydrogen) atoms. The highest BCUT2D eigenvalue weighted by Gasteiger charge is 2.40. The van der Waals surface area contributed by atoms with Crippen LogP contribution in [-0.2, 0) is 0 Å². The Labute approximate surface area is 100 Å². The molecular weight excluding hydrogens is 229 g/mol. The molecule has 2 fully saturated rings. The molecule has 2 nitrogen and oxygen atoms in total. The van der Waals surface area contributed by atoms with E-state index >= 15 is 0 Å². The predicted octanol–water partition coefficient (Wildman–Crippen LogP) is 2.53. The number of nitrogens with zero attached hydrogens (tertiary/aromatic N) is 1. The molecule has 0 atom stereocenters. The number of rotatable bonds is 6. The fraction of sp³-hybridized carbons (Fsp3) is 1.00. The molecule has 2 aliphatic rings. The lowest BCUT2D eigenvalue weighted by atomic mass is 9.66. The van der Waals surface area contributed by atoms with Gasteiger partial charge in [-0.2, -0.15) is 13.2 Å². The number of halogens is 3. The molecule has 0 aromatic rings. The van der Waals surface area contributed by atoms with Gasteiger partial charge < -0.3 is 5.73 Å². The molecule has 0 heterocycles. The first-order chi connectivity index (χ1) is 7.94. The molecule has 0 radical (unpaired) electrons. The molecule has 2 rings (SSSR count). The van der Waals surface area contributed by atoms with E-state index in [0.717, 1.165) is 32.1 Å². The molecule has 0 amide bonds. The fourth-order valence-electron chi connectivity index (χ4n) is 2.67. The van der Waals surface area contributed by atoms with Crippen LogP contribution < -0.4 is 5.73 Å². The highest BCUT2D eigenvalue weighted by Crippen LogP contribution is 2.43. The largest absolute Gasteiger partial charge is 0.401 e. The molecule has 0 aliphatic heterocycles. The minimum Gasteiger partial charge on any atom is -0.330 e. The summed E-state index contributed by atoms with van der Waals surface area (Å²) in [4.78, 5) is 1.61. The Kier molecular flexibility index (Phi) is 3.69.